The zero-order valence-electron chi connectivity index (χ0n) is 68.9. The van der Waals surface area contributed by atoms with Crippen molar-refractivity contribution in [3.05, 3.63) is 299 Å². The van der Waals surface area contributed by atoms with Gasteiger partial charge in [0.25, 0.3) is 0 Å². The fourth-order valence-corrected chi connectivity index (χ4v) is 18.5. The predicted molar refractivity (Wildman–Crippen MR) is 449 cm³/mol. The summed E-state index contributed by atoms with van der Waals surface area (Å²) in [5.41, 5.74) is 6.29. The molecule has 16 rings (SSSR count). The van der Waals surface area contributed by atoms with Crippen LogP contribution in [0.5, 0.6) is 11.5 Å². The highest BCUT2D eigenvalue weighted by Crippen LogP contribution is 2.47. The summed E-state index contributed by atoms with van der Waals surface area (Å²) in [6, 6.07) is 36.9. The molecule has 0 bridgehead atoms. The second kappa shape index (κ2) is 36.1. The first-order valence-corrected chi connectivity index (χ1v) is 41.7. The minimum absolute atomic E-state index is 0.0274. The third-order valence-corrected chi connectivity index (χ3v) is 25.3. The van der Waals surface area contributed by atoms with Gasteiger partial charge in [-0.25, -0.2) is 8.78 Å². The number of pyridine rings is 1. The van der Waals surface area contributed by atoms with E-state index in [1.54, 1.807) is 79.9 Å². The molecule has 2 N–H and O–H groups in total. The molecule has 121 heavy (non-hydrogen) atoms. The Balaban J connectivity index is 0.000000139. The largest absolute Gasteiger partial charge is 0.508 e. The third-order valence-electron chi connectivity index (χ3n) is 25.3. The molecule has 13 nitrogen and oxygen atoms in total. The van der Waals surface area contributed by atoms with Crippen molar-refractivity contribution in [3.8, 4) is 11.5 Å². The zero-order valence-corrected chi connectivity index (χ0v) is 68.9. The summed E-state index contributed by atoms with van der Waals surface area (Å²) in [4.78, 5) is 110. The summed E-state index contributed by atoms with van der Waals surface area (Å²) in [6.45, 7) is 14.3. The molecule has 1 aromatic heterocycles. The van der Waals surface area contributed by atoms with Gasteiger partial charge in [-0.05, 0) is 206 Å². The molecular weight excluding hydrogens is 1560 g/mol. The average molecular weight is 1650 g/mol. The maximum atomic E-state index is 14.9. The summed E-state index contributed by atoms with van der Waals surface area (Å²) >= 11 is 0. The molecule has 0 unspecified atom stereocenters. The van der Waals surface area contributed by atoms with E-state index in [0.29, 0.717) is 89.2 Å². The lowest BCUT2D eigenvalue weighted by molar-refractivity contribution is -0.139. The lowest BCUT2D eigenvalue weighted by Crippen LogP contribution is -2.40. The van der Waals surface area contributed by atoms with Gasteiger partial charge in [0.15, 0.2) is 46.3 Å². The van der Waals surface area contributed by atoms with Crippen LogP contribution in [-0.4, -0.2) is 87.1 Å². The van der Waals surface area contributed by atoms with E-state index in [1.807, 2.05) is 53.1 Å². The molecule has 2 aliphatic heterocycles. The van der Waals surface area contributed by atoms with Crippen molar-refractivity contribution in [2.75, 3.05) is 29.4 Å². The van der Waals surface area contributed by atoms with Crippen molar-refractivity contribution < 1.29 is 83.7 Å². The minimum atomic E-state index is -4.59. The highest BCUT2D eigenvalue weighted by molar-refractivity contribution is 6.30. The Bertz CT molecular complexity index is 5570. The van der Waals surface area contributed by atoms with Gasteiger partial charge < -0.3 is 20.0 Å². The SMILES string of the molecule is CC1(C)CCCN(c2ccc(CC(=O)C3=CCc4ccccc4C3=O)c(C(F)(F)F)c2)C1.CC1(c2cc(F)c(CC(=O)C3=CCc4ccccc4C3=O)cc2O)CCCCC1.C[C@H]1CCCN1c1ccc(CC(=O)C2=CCc3ccccc3C2=O)c(C(F)(F)F)c1.Cc1cc2c(cn1)CC=C(C(=O)Cc1cc(O)c(C3(C)CCCCC3)cc1F)C2=O. The van der Waals surface area contributed by atoms with Gasteiger partial charge >= 0.3 is 12.4 Å². The number of piperidine rings is 1. The van der Waals surface area contributed by atoms with Crippen molar-refractivity contribution in [1.82, 2.24) is 4.98 Å². The first-order valence-electron chi connectivity index (χ1n) is 41.7. The Hall–Kier alpha value is -11.4. The van der Waals surface area contributed by atoms with Gasteiger partial charge in [-0.2, -0.15) is 26.3 Å². The van der Waals surface area contributed by atoms with Crippen molar-refractivity contribution in [2.24, 2.45) is 5.41 Å². The van der Waals surface area contributed by atoms with Crippen molar-refractivity contribution in [1.29, 1.82) is 0 Å². The molecule has 8 aromatic rings. The number of rotatable bonds is 16. The first kappa shape index (κ1) is 87.5. The molecule has 4 fully saturated rings. The van der Waals surface area contributed by atoms with E-state index in [0.717, 1.165) is 131 Å². The number of alkyl halides is 6. The molecule has 630 valence electrons. The van der Waals surface area contributed by atoms with Gasteiger partial charge in [-0.15, -0.1) is 0 Å². The number of ketones is 8. The fourth-order valence-electron chi connectivity index (χ4n) is 18.5. The van der Waals surface area contributed by atoms with E-state index in [-0.39, 0.29) is 103 Å². The molecule has 21 heteroatoms. The second-order valence-electron chi connectivity index (χ2n) is 34.7. The molecule has 1 atom stereocenters. The monoisotopic (exact) mass is 1650 g/mol. The molecule has 0 amide bonds. The van der Waals surface area contributed by atoms with Crippen LogP contribution in [0.4, 0.5) is 46.5 Å². The van der Waals surface area contributed by atoms with E-state index >= 15 is 0 Å². The lowest BCUT2D eigenvalue weighted by atomic mass is 9.70. The molecule has 6 aliphatic carbocycles. The number of phenols is 2. The number of anilines is 2. The number of aromatic hydroxyl groups is 2. The van der Waals surface area contributed by atoms with Gasteiger partial charge in [0.2, 0.25) is 0 Å². The van der Waals surface area contributed by atoms with Crippen molar-refractivity contribution in [2.45, 2.75) is 212 Å². The third kappa shape index (κ3) is 19.7. The van der Waals surface area contributed by atoms with Gasteiger partial charge in [-0.3, -0.25) is 43.3 Å². The van der Waals surface area contributed by atoms with E-state index in [1.165, 1.54) is 48.6 Å². The van der Waals surface area contributed by atoms with Crippen LogP contribution in [0.3, 0.4) is 0 Å². The molecule has 2 saturated heterocycles. The van der Waals surface area contributed by atoms with Crippen LogP contribution in [0.15, 0.2) is 192 Å². The molecule has 0 radical (unpaired) electrons. The van der Waals surface area contributed by atoms with Crippen LogP contribution in [-0.2, 0) is 93.7 Å². The van der Waals surface area contributed by atoms with Gasteiger partial charge in [0.05, 0.1) is 33.4 Å². The minimum Gasteiger partial charge on any atom is -0.508 e. The predicted octanol–water partition coefficient (Wildman–Crippen LogP) is 21.1. The van der Waals surface area contributed by atoms with Gasteiger partial charge in [0, 0.05) is 108 Å². The number of hydrogen-bond acceptors (Lipinski definition) is 13. The zero-order chi connectivity index (χ0) is 86.6. The van der Waals surface area contributed by atoms with E-state index < -0.39 is 82.7 Å². The van der Waals surface area contributed by atoms with Crippen LogP contribution in [0, 0.1) is 24.0 Å². The average Bonchev–Trinajstić information content (AvgIpc) is 1.71. The Kier molecular flexibility index (Phi) is 26.1. The number of carbonyl (C=O) groups excluding carboxylic acids is 8. The Morgan fingerprint density at radius 1 is 0.438 bits per heavy atom. The number of carbonyl (C=O) groups is 8. The van der Waals surface area contributed by atoms with Crippen LogP contribution >= 0.6 is 0 Å². The first-order chi connectivity index (χ1) is 57.5. The number of Topliss-reactive ketones (excluding diaryl/α,β-unsaturated/α-hetero) is 8. The lowest BCUT2D eigenvalue weighted by Gasteiger charge is -2.39. The number of phenolic OH excluding ortho intramolecular Hbond substituents is 2. The van der Waals surface area contributed by atoms with E-state index in [4.69, 9.17) is 0 Å². The molecule has 3 heterocycles. The van der Waals surface area contributed by atoms with Crippen molar-refractivity contribution in [3.63, 3.8) is 0 Å². The number of aromatic nitrogens is 1. The Morgan fingerprint density at radius 2 is 0.818 bits per heavy atom. The number of allylic oxidation sites excluding steroid dienone is 8. The summed E-state index contributed by atoms with van der Waals surface area (Å²) in [5.74, 6) is -4.45. The van der Waals surface area contributed by atoms with E-state index in [2.05, 4.69) is 32.7 Å². The number of halogens is 8. The van der Waals surface area contributed by atoms with Gasteiger partial charge in [0.1, 0.15) is 23.1 Å². The number of fused-ring (bicyclic) bond motifs is 4. The Morgan fingerprint density at radius 3 is 1.21 bits per heavy atom. The number of benzene rings is 7. The fraction of sp³-hybridized carbons (Fsp3) is 0.370. The number of nitrogens with zero attached hydrogens (tertiary/aromatic N) is 3. The van der Waals surface area contributed by atoms with E-state index in [9.17, 15) is 83.7 Å². The topological polar surface area (TPSA) is 196 Å². The van der Waals surface area contributed by atoms with Crippen LogP contribution in [0.1, 0.15) is 238 Å². The maximum Gasteiger partial charge on any atom is 0.416 e. The summed E-state index contributed by atoms with van der Waals surface area (Å²) in [5, 5.41) is 21.2. The Labute approximate surface area is 699 Å². The van der Waals surface area contributed by atoms with Crippen LogP contribution < -0.4 is 9.80 Å². The normalized spacial score (nSPS) is 18.3. The summed E-state index contributed by atoms with van der Waals surface area (Å²) in [6.07, 6.45) is 13.2. The summed E-state index contributed by atoms with van der Waals surface area (Å²) < 4.78 is 113. The van der Waals surface area contributed by atoms with Crippen LogP contribution in [0.2, 0.25) is 0 Å². The molecular formula is C100H99F8N3O10. The highest BCUT2D eigenvalue weighted by Gasteiger charge is 2.41. The molecule has 7 aromatic carbocycles. The van der Waals surface area contributed by atoms with Crippen LogP contribution in [0.25, 0.3) is 0 Å². The molecule has 8 aliphatic rings. The summed E-state index contributed by atoms with van der Waals surface area (Å²) in [7, 11) is 0. The van der Waals surface area contributed by atoms with Gasteiger partial charge in [-0.1, -0.05) is 175 Å². The standard InChI is InChI=1S/C26H26F3NO2.C25H26FNO3.C25H25FO3.C24H22F3NO2/c1-25(2)12-5-13-30(16-25)19-10-8-18(22(15-19)26(27,28)29)14-23(31)21-11-9-17-6-3-4-7-20(17)24(21)32;1-15-10-19-16(14-27-15)6-7-18(24(19)30)22(28)11-17-12-23(29)20(13-21(17)26)25(2)8-4-3-5-9-25;1-25(11-5-2-6-12-25)20-15-21(26)17(14-23(20)28)13-22(27)19-10-9-16-7-3-4-8-18(16)24(19)29;1-15-5-4-12-28(15)18-10-8-17(21(14-18)24(25,26)27)13-22(29)20-11-9-16-6-2-3-7-19(16)23(20)30/h3-4,6-8,10-11,15H,5,9,12-14,16H2,1-2H3;7,10,12-14,29H,3-6,8-9,11H2,1-2H3;3-4,7-8,10,14-15,28H,2,5-6,9,11-13H2,1H3;2-3,6-8,10-11,14-15H,4-5,9,12-13H2,1H3/t;;;15-/m...0/s1. The molecule has 2 saturated carbocycles. The molecule has 0 spiro atoms. The van der Waals surface area contributed by atoms with Crippen molar-refractivity contribution >= 4 is 57.6 Å². The quantitative estimate of drug-likeness (QED) is 0.0685. The highest BCUT2D eigenvalue weighted by atomic mass is 19.4. The second-order valence-corrected chi connectivity index (χ2v) is 34.7. The smallest absolute Gasteiger partial charge is 0.416 e. The number of hydrogen-bond donors (Lipinski definition) is 2. The number of aryl methyl sites for hydroxylation is 1. The maximum absolute atomic E-state index is 14.9.